The van der Waals surface area contributed by atoms with Crippen molar-refractivity contribution >= 4 is 45.8 Å². The maximum atomic E-state index is 12.1. The minimum absolute atomic E-state index is 0.199. The SMILES string of the molecule is CC(C)(C)C(=O)ON1CCN(c2cccc(-c3nc(Cl)nc4ccc(Cl)cc34)c2)CC1. The van der Waals surface area contributed by atoms with Crippen molar-refractivity contribution in [2.45, 2.75) is 20.8 Å². The van der Waals surface area contributed by atoms with Crippen LogP contribution in [0.1, 0.15) is 20.8 Å². The number of piperazine rings is 1. The molecule has 1 saturated heterocycles. The van der Waals surface area contributed by atoms with Crippen LogP contribution < -0.4 is 4.90 Å². The normalized spacial score (nSPS) is 15.3. The summed E-state index contributed by atoms with van der Waals surface area (Å²) in [6.45, 7) is 8.35. The molecular weight excluding hydrogens is 435 g/mol. The molecular formula is C23H24Cl2N4O2. The Morgan fingerprint density at radius 1 is 1.00 bits per heavy atom. The van der Waals surface area contributed by atoms with E-state index in [0.717, 1.165) is 40.9 Å². The van der Waals surface area contributed by atoms with E-state index in [9.17, 15) is 4.79 Å². The fraction of sp³-hybridized carbons (Fsp3) is 0.348. The predicted molar refractivity (Wildman–Crippen MR) is 124 cm³/mol. The Labute approximate surface area is 191 Å². The Bertz CT molecular complexity index is 1120. The molecule has 0 unspecified atom stereocenters. The molecule has 4 rings (SSSR count). The Morgan fingerprint density at radius 3 is 2.45 bits per heavy atom. The average Bonchev–Trinajstić information content (AvgIpc) is 2.73. The van der Waals surface area contributed by atoms with Crippen LogP contribution in [0.4, 0.5) is 5.69 Å². The molecule has 0 amide bonds. The van der Waals surface area contributed by atoms with Gasteiger partial charge in [0.1, 0.15) is 0 Å². The number of carbonyl (C=O) groups is 1. The lowest BCUT2D eigenvalue weighted by molar-refractivity contribution is -0.201. The van der Waals surface area contributed by atoms with Crippen LogP contribution in [0.5, 0.6) is 0 Å². The van der Waals surface area contributed by atoms with Gasteiger partial charge in [0.05, 0.1) is 29.7 Å². The van der Waals surface area contributed by atoms with Gasteiger partial charge in [0, 0.05) is 34.7 Å². The van der Waals surface area contributed by atoms with Crippen molar-refractivity contribution in [3.63, 3.8) is 0 Å². The molecule has 0 radical (unpaired) electrons. The lowest BCUT2D eigenvalue weighted by atomic mass is 9.98. The summed E-state index contributed by atoms with van der Waals surface area (Å²) in [6, 6.07) is 13.7. The van der Waals surface area contributed by atoms with Crippen molar-refractivity contribution < 1.29 is 9.63 Å². The van der Waals surface area contributed by atoms with Crippen LogP contribution >= 0.6 is 23.2 Å². The number of benzene rings is 2. The molecule has 1 aromatic heterocycles. The van der Waals surface area contributed by atoms with E-state index >= 15 is 0 Å². The number of anilines is 1. The Balaban J connectivity index is 1.55. The fourth-order valence-corrected chi connectivity index (χ4v) is 3.78. The van der Waals surface area contributed by atoms with Gasteiger partial charge in [0.2, 0.25) is 5.28 Å². The molecule has 0 spiro atoms. The van der Waals surface area contributed by atoms with Crippen LogP contribution in [0, 0.1) is 5.41 Å². The molecule has 2 aromatic carbocycles. The van der Waals surface area contributed by atoms with Crippen LogP contribution in [-0.4, -0.2) is 47.2 Å². The van der Waals surface area contributed by atoms with Crippen molar-refractivity contribution in [3.8, 4) is 11.3 Å². The summed E-state index contributed by atoms with van der Waals surface area (Å²) in [5.41, 5.74) is 2.99. The number of hydrogen-bond donors (Lipinski definition) is 0. The standard InChI is InChI=1S/C23H24Cl2N4O2/c1-23(2,3)21(30)31-29-11-9-28(10-12-29)17-6-4-5-15(13-17)20-18-14-16(24)7-8-19(18)26-22(25)27-20/h4-8,13-14H,9-12H2,1-3H3. The third kappa shape index (κ3) is 4.92. The van der Waals surface area contributed by atoms with Crippen LogP contribution in [-0.2, 0) is 9.63 Å². The molecule has 0 aliphatic carbocycles. The third-order valence-electron chi connectivity index (χ3n) is 5.18. The van der Waals surface area contributed by atoms with E-state index in [1.165, 1.54) is 0 Å². The first kappa shape index (κ1) is 21.8. The highest BCUT2D eigenvalue weighted by Crippen LogP contribution is 2.32. The summed E-state index contributed by atoms with van der Waals surface area (Å²) in [5.74, 6) is -0.214. The van der Waals surface area contributed by atoms with Gasteiger partial charge in [-0.05, 0) is 62.7 Å². The largest absolute Gasteiger partial charge is 0.369 e. The lowest BCUT2D eigenvalue weighted by Crippen LogP contribution is -2.48. The molecule has 3 aromatic rings. The van der Waals surface area contributed by atoms with Gasteiger partial charge in [-0.3, -0.25) is 0 Å². The molecule has 2 heterocycles. The summed E-state index contributed by atoms with van der Waals surface area (Å²) in [5, 5.41) is 3.42. The highest BCUT2D eigenvalue weighted by Gasteiger charge is 2.28. The molecule has 0 atom stereocenters. The van der Waals surface area contributed by atoms with Crippen molar-refractivity contribution in [3.05, 3.63) is 52.8 Å². The van der Waals surface area contributed by atoms with E-state index in [1.807, 2.05) is 45.0 Å². The smallest absolute Gasteiger partial charge is 0.330 e. The van der Waals surface area contributed by atoms with E-state index in [2.05, 4.69) is 27.0 Å². The first-order valence-electron chi connectivity index (χ1n) is 10.2. The topological polar surface area (TPSA) is 58.6 Å². The average molecular weight is 459 g/mol. The summed E-state index contributed by atoms with van der Waals surface area (Å²) >= 11 is 12.4. The first-order chi connectivity index (χ1) is 14.7. The number of carbonyl (C=O) groups excluding carboxylic acids is 1. The second kappa shape index (κ2) is 8.61. The quantitative estimate of drug-likeness (QED) is 0.500. The van der Waals surface area contributed by atoms with Gasteiger partial charge in [-0.15, -0.1) is 5.06 Å². The maximum absolute atomic E-state index is 12.1. The molecule has 1 fully saturated rings. The van der Waals surface area contributed by atoms with Gasteiger partial charge < -0.3 is 9.74 Å². The Morgan fingerprint density at radius 2 is 1.74 bits per heavy atom. The van der Waals surface area contributed by atoms with Crippen molar-refractivity contribution in [2.24, 2.45) is 5.41 Å². The van der Waals surface area contributed by atoms with Gasteiger partial charge >= 0.3 is 5.97 Å². The van der Waals surface area contributed by atoms with Crippen LogP contribution in [0.15, 0.2) is 42.5 Å². The molecule has 8 heteroatoms. The minimum Gasteiger partial charge on any atom is -0.369 e. The predicted octanol–water partition coefficient (Wildman–Crippen LogP) is 5.23. The van der Waals surface area contributed by atoms with Crippen LogP contribution in [0.2, 0.25) is 10.3 Å². The van der Waals surface area contributed by atoms with E-state index in [0.29, 0.717) is 18.1 Å². The first-order valence-corrected chi connectivity index (χ1v) is 10.9. The molecule has 1 aliphatic heterocycles. The van der Waals surface area contributed by atoms with Gasteiger partial charge in [-0.25, -0.2) is 14.8 Å². The van der Waals surface area contributed by atoms with E-state index in [1.54, 1.807) is 11.1 Å². The van der Waals surface area contributed by atoms with E-state index < -0.39 is 5.41 Å². The summed E-state index contributed by atoms with van der Waals surface area (Å²) in [6.07, 6.45) is 0. The van der Waals surface area contributed by atoms with Crippen molar-refractivity contribution in [2.75, 3.05) is 31.1 Å². The van der Waals surface area contributed by atoms with Gasteiger partial charge in [-0.1, -0.05) is 23.7 Å². The van der Waals surface area contributed by atoms with Crippen molar-refractivity contribution in [1.82, 2.24) is 15.0 Å². The van der Waals surface area contributed by atoms with Crippen molar-refractivity contribution in [1.29, 1.82) is 0 Å². The monoisotopic (exact) mass is 458 g/mol. The maximum Gasteiger partial charge on any atom is 0.330 e. The second-order valence-electron chi connectivity index (χ2n) is 8.60. The highest BCUT2D eigenvalue weighted by atomic mass is 35.5. The van der Waals surface area contributed by atoms with E-state index in [4.69, 9.17) is 28.0 Å². The summed E-state index contributed by atoms with van der Waals surface area (Å²) in [7, 11) is 0. The molecule has 0 saturated carbocycles. The lowest BCUT2D eigenvalue weighted by Gasteiger charge is -2.35. The Kier molecular flexibility index (Phi) is 6.06. The molecule has 31 heavy (non-hydrogen) atoms. The number of rotatable bonds is 3. The van der Waals surface area contributed by atoms with Gasteiger partial charge in [0.15, 0.2) is 0 Å². The molecule has 6 nitrogen and oxygen atoms in total. The summed E-state index contributed by atoms with van der Waals surface area (Å²) < 4.78 is 0. The number of nitrogens with zero attached hydrogens (tertiary/aromatic N) is 4. The van der Waals surface area contributed by atoms with Crippen LogP contribution in [0.25, 0.3) is 22.2 Å². The number of hydroxylamine groups is 2. The number of hydrogen-bond acceptors (Lipinski definition) is 6. The number of aromatic nitrogens is 2. The molecule has 162 valence electrons. The highest BCUT2D eigenvalue weighted by molar-refractivity contribution is 6.31. The Hall–Kier alpha value is -2.41. The zero-order chi connectivity index (χ0) is 22.2. The number of halogens is 2. The molecule has 0 bridgehead atoms. The van der Waals surface area contributed by atoms with E-state index in [-0.39, 0.29) is 11.3 Å². The molecule has 0 N–H and O–H groups in total. The zero-order valence-electron chi connectivity index (χ0n) is 17.7. The zero-order valence-corrected chi connectivity index (χ0v) is 19.2. The van der Waals surface area contributed by atoms with Crippen LogP contribution in [0.3, 0.4) is 0 Å². The number of fused-ring (bicyclic) bond motifs is 1. The second-order valence-corrected chi connectivity index (χ2v) is 9.37. The minimum atomic E-state index is -0.518. The summed E-state index contributed by atoms with van der Waals surface area (Å²) in [4.78, 5) is 28.7. The third-order valence-corrected chi connectivity index (χ3v) is 5.58. The fourth-order valence-electron chi connectivity index (χ4n) is 3.43. The molecule has 1 aliphatic rings. The van der Waals surface area contributed by atoms with Gasteiger partial charge in [0.25, 0.3) is 0 Å². The van der Waals surface area contributed by atoms with Gasteiger partial charge in [-0.2, -0.15) is 0 Å².